The third-order valence-corrected chi connectivity index (χ3v) is 5.24. The van der Waals surface area contributed by atoms with Crippen molar-refractivity contribution in [2.45, 2.75) is 13.0 Å². The minimum Gasteiger partial charge on any atom is -0.507 e. The number of oxime groups is 1. The molecule has 1 atom stereocenters. The SMILES string of the molecule is CC(O/N=C/c1cc(Br)c(Oc2ccc(O)c(-c3ccccc3)c2)c(Br)c1)C(=O)O. The Morgan fingerprint density at radius 2 is 1.73 bits per heavy atom. The zero-order valence-electron chi connectivity index (χ0n) is 15.8. The second-order valence-corrected chi connectivity index (χ2v) is 7.99. The number of halogens is 2. The van der Waals surface area contributed by atoms with Crippen LogP contribution in [0.1, 0.15) is 12.5 Å². The van der Waals surface area contributed by atoms with Crippen LogP contribution in [0.15, 0.2) is 74.8 Å². The van der Waals surface area contributed by atoms with Crippen molar-refractivity contribution in [2.75, 3.05) is 0 Å². The lowest BCUT2D eigenvalue weighted by molar-refractivity contribution is -0.149. The molecule has 0 aliphatic heterocycles. The molecule has 0 heterocycles. The number of carbonyl (C=O) groups is 1. The molecule has 0 amide bonds. The van der Waals surface area contributed by atoms with Crippen LogP contribution in [0.25, 0.3) is 11.1 Å². The van der Waals surface area contributed by atoms with Gasteiger partial charge in [-0.3, -0.25) is 0 Å². The molecule has 0 aliphatic carbocycles. The van der Waals surface area contributed by atoms with E-state index in [-0.39, 0.29) is 5.75 Å². The third kappa shape index (κ3) is 5.40. The summed E-state index contributed by atoms with van der Waals surface area (Å²) in [5.41, 5.74) is 2.21. The van der Waals surface area contributed by atoms with E-state index in [0.29, 0.717) is 31.6 Å². The molecule has 0 bridgehead atoms. The Kier molecular flexibility index (Phi) is 7.12. The first-order chi connectivity index (χ1) is 14.3. The maximum atomic E-state index is 10.8. The van der Waals surface area contributed by atoms with Crippen molar-refractivity contribution in [2.24, 2.45) is 5.16 Å². The smallest absolute Gasteiger partial charge is 0.347 e. The quantitative estimate of drug-likeness (QED) is 0.278. The number of aromatic hydroxyl groups is 1. The lowest BCUT2D eigenvalue weighted by Crippen LogP contribution is -2.17. The number of hydrogen-bond donors (Lipinski definition) is 2. The molecule has 6 nitrogen and oxygen atoms in total. The fourth-order valence-corrected chi connectivity index (χ4v) is 3.91. The summed E-state index contributed by atoms with van der Waals surface area (Å²) in [5, 5.41) is 22.7. The average molecular weight is 535 g/mol. The maximum Gasteiger partial charge on any atom is 0.347 e. The first-order valence-electron chi connectivity index (χ1n) is 8.82. The van der Waals surface area contributed by atoms with E-state index in [9.17, 15) is 9.90 Å². The molecule has 0 fully saturated rings. The number of ether oxygens (including phenoxy) is 1. The van der Waals surface area contributed by atoms with Crippen LogP contribution in [-0.2, 0) is 9.63 Å². The molecule has 30 heavy (non-hydrogen) atoms. The molecule has 0 aromatic heterocycles. The van der Waals surface area contributed by atoms with Crippen LogP contribution in [0.5, 0.6) is 17.2 Å². The highest BCUT2D eigenvalue weighted by atomic mass is 79.9. The van der Waals surface area contributed by atoms with Gasteiger partial charge in [-0.05, 0) is 80.2 Å². The highest BCUT2D eigenvalue weighted by molar-refractivity contribution is 9.11. The molecular weight excluding hydrogens is 518 g/mol. The fourth-order valence-electron chi connectivity index (χ4n) is 2.52. The van der Waals surface area contributed by atoms with Crippen LogP contribution < -0.4 is 4.74 Å². The first kappa shape index (κ1) is 21.9. The van der Waals surface area contributed by atoms with Gasteiger partial charge in [0.25, 0.3) is 0 Å². The zero-order chi connectivity index (χ0) is 21.7. The summed E-state index contributed by atoms with van der Waals surface area (Å²) in [6.07, 6.45) is 0.372. The molecule has 0 aliphatic rings. The van der Waals surface area contributed by atoms with Crippen LogP contribution in [0.4, 0.5) is 0 Å². The van der Waals surface area contributed by atoms with Gasteiger partial charge in [0.15, 0.2) is 5.75 Å². The summed E-state index contributed by atoms with van der Waals surface area (Å²) < 4.78 is 7.33. The van der Waals surface area contributed by atoms with Crippen LogP contribution >= 0.6 is 31.9 Å². The number of carboxylic acids is 1. The minimum absolute atomic E-state index is 0.161. The van der Waals surface area contributed by atoms with E-state index in [1.807, 2.05) is 30.3 Å². The summed E-state index contributed by atoms with van der Waals surface area (Å²) >= 11 is 6.95. The summed E-state index contributed by atoms with van der Waals surface area (Å²) in [6.45, 7) is 1.39. The average Bonchev–Trinajstić information content (AvgIpc) is 2.72. The number of nitrogens with zero attached hydrogens (tertiary/aromatic N) is 1. The molecule has 0 radical (unpaired) electrons. The summed E-state index contributed by atoms with van der Waals surface area (Å²) in [7, 11) is 0. The van der Waals surface area contributed by atoms with Gasteiger partial charge in [0, 0.05) is 5.56 Å². The molecule has 154 valence electrons. The van der Waals surface area contributed by atoms with E-state index < -0.39 is 12.1 Å². The summed E-state index contributed by atoms with van der Waals surface area (Å²) in [5.74, 6) is 0.153. The second kappa shape index (κ2) is 9.77. The van der Waals surface area contributed by atoms with Crippen molar-refractivity contribution in [1.29, 1.82) is 0 Å². The van der Waals surface area contributed by atoms with Gasteiger partial charge in [0.05, 0.1) is 15.2 Å². The van der Waals surface area contributed by atoms with E-state index in [4.69, 9.17) is 14.7 Å². The molecule has 0 spiro atoms. The van der Waals surface area contributed by atoms with E-state index in [0.717, 1.165) is 5.56 Å². The van der Waals surface area contributed by atoms with Crippen LogP contribution in [0.3, 0.4) is 0 Å². The van der Waals surface area contributed by atoms with E-state index in [1.165, 1.54) is 13.1 Å². The van der Waals surface area contributed by atoms with Crippen molar-refractivity contribution >= 4 is 44.0 Å². The number of carboxylic acid groups (broad SMARTS) is 1. The Hall–Kier alpha value is -2.84. The van der Waals surface area contributed by atoms with Gasteiger partial charge < -0.3 is 19.8 Å². The molecule has 1 unspecified atom stereocenters. The normalized spacial score (nSPS) is 12.0. The van der Waals surface area contributed by atoms with Crippen LogP contribution in [0, 0.1) is 0 Å². The minimum atomic E-state index is -1.10. The van der Waals surface area contributed by atoms with Gasteiger partial charge in [0.2, 0.25) is 6.10 Å². The first-order valence-corrected chi connectivity index (χ1v) is 10.4. The zero-order valence-corrected chi connectivity index (χ0v) is 18.9. The number of rotatable bonds is 7. The van der Waals surface area contributed by atoms with Gasteiger partial charge >= 0.3 is 5.97 Å². The molecule has 2 N–H and O–H groups in total. The van der Waals surface area contributed by atoms with Gasteiger partial charge in [-0.25, -0.2) is 4.79 Å². The Bertz CT molecular complexity index is 1060. The molecule has 0 saturated carbocycles. The maximum absolute atomic E-state index is 10.8. The van der Waals surface area contributed by atoms with E-state index >= 15 is 0 Å². The standard InChI is InChI=1S/C22H17Br2NO5/c1-13(22(27)28)30-25-12-14-9-18(23)21(19(24)10-14)29-16-7-8-20(26)17(11-16)15-5-3-2-4-6-15/h2-13,26H,1H3,(H,27,28)/b25-12+. The molecule has 0 saturated heterocycles. The van der Waals surface area contributed by atoms with Gasteiger partial charge in [0.1, 0.15) is 11.5 Å². The Morgan fingerprint density at radius 1 is 1.07 bits per heavy atom. The van der Waals surface area contributed by atoms with Crippen molar-refractivity contribution in [3.8, 4) is 28.4 Å². The monoisotopic (exact) mass is 533 g/mol. The number of benzene rings is 3. The van der Waals surface area contributed by atoms with Crippen molar-refractivity contribution in [3.63, 3.8) is 0 Å². The predicted molar refractivity (Wildman–Crippen MR) is 121 cm³/mol. The van der Waals surface area contributed by atoms with Crippen molar-refractivity contribution in [3.05, 3.63) is 75.2 Å². The number of phenols is 1. The fraction of sp³-hybridized carbons (Fsp3) is 0.0909. The highest BCUT2D eigenvalue weighted by Crippen LogP contribution is 2.40. The molecule has 3 aromatic carbocycles. The van der Waals surface area contributed by atoms with E-state index in [1.54, 1.807) is 30.3 Å². The van der Waals surface area contributed by atoms with Crippen LogP contribution in [0.2, 0.25) is 0 Å². The molecular formula is C22H17Br2NO5. The second-order valence-electron chi connectivity index (χ2n) is 6.28. The largest absolute Gasteiger partial charge is 0.507 e. The number of hydrogen-bond acceptors (Lipinski definition) is 5. The summed E-state index contributed by atoms with van der Waals surface area (Å²) in [4.78, 5) is 15.6. The Morgan fingerprint density at radius 3 is 2.37 bits per heavy atom. The molecule has 3 aromatic rings. The lowest BCUT2D eigenvalue weighted by atomic mass is 10.0. The third-order valence-electron chi connectivity index (χ3n) is 4.06. The Balaban J connectivity index is 1.82. The van der Waals surface area contributed by atoms with Crippen LogP contribution in [-0.4, -0.2) is 28.5 Å². The summed E-state index contributed by atoms with van der Waals surface area (Å²) in [6, 6.07) is 18.1. The van der Waals surface area contributed by atoms with Gasteiger partial charge in [-0.2, -0.15) is 0 Å². The van der Waals surface area contributed by atoms with Gasteiger partial charge in [-0.15, -0.1) is 0 Å². The van der Waals surface area contributed by atoms with Crippen molar-refractivity contribution in [1.82, 2.24) is 0 Å². The van der Waals surface area contributed by atoms with E-state index in [2.05, 4.69) is 37.0 Å². The molecule has 8 heteroatoms. The highest BCUT2D eigenvalue weighted by Gasteiger charge is 2.13. The van der Waals surface area contributed by atoms with Gasteiger partial charge in [-0.1, -0.05) is 35.5 Å². The number of phenolic OH excluding ortho intramolecular Hbond substituents is 1. The molecule has 3 rings (SSSR count). The lowest BCUT2D eigenvalue weighted by Gasteiger charge is -2.13. The predicted octanol–water partition coefficient (Wildman–Crippen LogP) is 6.20. The van der Waals surface area contributed by atoms with Crippen molar-refractivity contribution < 1.29 is 24.6 Å². The topological polar surface area (TPSA) is 88.4 Å². The number of aliphatic carboxylic acids is 1. The Labute approximate surface area is 190 Å².